The Hall–Kier alpha value is -2.32. The van der Waals surface area contributed by atoms with E-state index in [2.05, 4.69) is 36.3 Å². The molecule has 8 nitrogen and oxygen atoms in total. The summed E-state index contributed by atoms with van der Waals surface area (Å²) in [6.07, 6.45) is 1.84. The van der Waals surface area contributed by atoms with E-state index in [-0.39, 0.29) is 30.0 Å². The number of carbonyl (C=O) groups is 2. The number of anilines is 1. The molecule has 1 aromatic carbocycles. The van der Waals surface area contributed by atoms with Gasteiger partial charge in [-0.25, -0.2) is 4.79 Å². The lowest BCUT2D eigenvalue weighted by Crippen LogP contribution is -2.46. The number of benzene rings is 1. The Morgan fingerprint density at radius 3 is 2.62 bits per heavy atom. The van der Waals surface area contributed by atoms with Crippen molar-refractivity contribution in [1.29, 1.82) is 0 Å². The Bertz CT molecular complexity index is 758. The highest BCUT2D eigenvalue weighted by atomic mass is 16.5. The fraction of sp³-hybridized carbons (Fsp3) is 0.667. The number of carbonyl (C=O) groups excluding carboxylic acids is 2. The second-order valence-electron chi connectivity index (χ2n) is 8.68. The summed E-state index contributed by atoms with van der Waals surface area (Å²) in [6.45, 7) is 11.8. The van der Waals surface area contributed by atoms with Crippen LogP contribution in [0.15, 0.2) is 18.2 Å². The number of nitrogens with one attached hydrogen (secondary N) is 2. The maximum absolute atomic E-state index is 13.2. The quantitative estimate of drug-likeness (QED) is 0.697. The summed E-state index contributed by atoms with van der Waals surface area (Å²) in [5.41, 5.74) is 1.06. The molecule has 3 atom stereocenters. The van der Waals surface area contributed by atoms with Crippen LogP contribution in [-0.2, 0) is 4.74 Å². The smallest absolute Gasteiger partial charge is 0.319 e. The fourth-order valence-corrected chi connectivity index (χ4v) is 3.94. The van der Waals surface area contributed by atoms with E-state index >= 15 is 0 Å². The van der Waals surface area contributed by atoms with Gasteiger partial charge in [-0.2, -0.15) is 0 Å². The van der Waals surface area contributed by atoms with E-state index in [1.165, 1.54) is 0 Å². The summed E-state index contributed by atoms with van der Waals surface area (Å²) in [5, 5.41) is 5.60. The van der Waals surface area contributed by atoms with Gasteiger partial charge in [0.1, 0.15) is 12.4 Å². The van der Waals surface area contributed by atoms with E-state index in [0.717, 1.165) is 25.9 Å². The van der Waals surface area contributed by atoms with Gasteiger partial charge in [0.05, 0.1) is 11.7 Å². The topological polar surface area (TPSA) is 83.1 Å². The summed E-state index contributed by atoms with van der Waals surface area (Å²) in [4.78, 5) is 29.4. The molecule has 0 unspecified atom stereocenters. The minimum absolute atomic E-state index is 0.0671. The number of methoxy groups -OCH3 is 1. The average molecular weight is 449 g/mol. The van der Waals surface area contributed by atoms with Crippen molar-refractivity contribution in [3.05, 3.63) is 23.8 Å². The predicted octanol–water partition coefficient (Wildman–Crippen LogP) is 3.43. The first-order valence-electron chi connectivity index (χ1n) is 11.6. The van der Waals surface area contributed by atoms with Crippen LogP contribution in [-0.4, -0.2) is 80.8 Å². The van der Waals surface area contributed by atoms with Crippen LogP contribution in [0.1, 0.15) is 50.9 Å². The van der Waals surface area contributed by atoms with Gasteiger partial charge in [0.2, 0.25) is 0 Å². The highest BCUT2D eigenvalue weighted by Gasteiger charge is 2.28. The van der Waals surface area contributed by atoms with Gasteiger partial charge in [-0.05, 0) is 44.4 Å². The molecular formula is C24H40N4O4. The van der Waals surface area contributed by atoms with Crippen LogP contribution in [0.3, 0.4) is 0 Å². The van der Waals surface area contributed by atoms with Crippen LogP contribution >= 0.6 is 0 Å². The van der Waals surface area contributed by atoms with E-state index in [9.17, 15) is 9.59 Å². The zero-order valence-corrected chi connectivity index (χ0v) is 20.4. The van der Waals surface area contributed by atoms with Gasteiger partial charge < -0.3 is 25.0 Å². The maximum Gasteiger partial charge on any atom is 0.319 e. The number of likely N-dealkylation sites (N-methyl/N-ethyl adjacent to an activating group) is 1. The van der Waals surface area contributed by atoms with Gasteiger partial charge in [-0.1, -0.05) is 20.8 Å². The SMILES string of the molecule is CCCNC(=O)Nc1ccc2c(c1)OC[C@H](C)N(CCC)C[C@@H](C)[C@@H](OC)CN(C)C2=O. The molecule has 3 amide bonds. The molecule has 0 spiro atoms. The molecule has 0 fully saturated rings. The third-order valence-electron chi connectivity index (χ3n) is 5.88. The van der Waals surface area contributed by atoms with Gasteiger partial charge in [0, 0.05) is 51.6 Å². The summed E-state index contributed by atoms with van der Waals surface area (Å²) in [7, 11) is 3.49. The van der Waals surface area contributed by atoms with Crippen molar-refractivity contribution in [2.24, 2.45) is 5.92 Å². The summed E-state index contributed by atoms with van der Waals surface area (Å²) < 4.78 is 11.9. The molecule has 1 aliphatic heterocycles. The normalized spacial score (nSPS) is 22.9. The summed E-state index contributed by atoms with van der Waals surface area (Å²) >= 11 is 0. The highest BCUT2D eigenvalue weighted by molar-refractivity contribution is 5.98. The van der Waals surface area contributed by atoms with E-state index in [4.69, 9.17) is 9.47 Å². The first-order valence-corrected chi connectivity index (χ1v) is 11.6. The molecule has 1 aliphatic rings. The van der Waals surface area contributed by atoms with Gasteiger partial charge in [-0.15, -0.1) is 0 Å². The van der Waals surface area contributed by atoms with Crippen LogP contribution in [0.25, 0.3) is 0 Å². The van der Waals surface area contributed by atoms with Gasteiger partial charge in [-0.3, -0.25) is 9.69 Å². The Balaban J connectivity index is 2.35. The number of amides is 3. The van der Waals surface area contributed by atoms with Crippen molar-refractivity contribution >= 4 is 17.6 Å². The molecule has 0 saturated heterocycles. The Labute approximate surface area is 192 Å². The molecule has 0 bridgehead atoms. The molecule has 0 radical (unpaired) electrons. The molecule has 8 heteroatoms. The number of fused-ring (bicyclic) bond motifs is 1. The summed E-state index contributed by atoms with van der Waals surface area (Å²) in [5.74, 6) is 0.604. The molecule has 180 valence electrons. The van der Waals surface area contributed by atoms with E-state index in [1.807, 2.05) is 6.92 Å². The average Bonchev–Trinajstić information content (AvgIpc) is 2.78. The Morgan fingerprint density at radius 2 is 1.97 bits per heavy atom. The van der Waals surface area contributed by atoms with E-state index < -0.39 is 0 Å². The lowest BCUT2D eigenvalue weighted by atomic mass is 10.0. The van der Waals surface area contributed by atoms with Crippen LogP contribution in [0.4, 0.5) is 10.5 Å². The lowest BCUT2D eigenvalue weighted by Gasteiger charge is -2.35. The first kappa shape index (κ1) is 25.9. The van der Waals surface area contributed by atoms with Crippen LogP contribution < -0.4 is 15.4 Å². The molecule has 2 N–H and O–H groups in total. The lowest BCUT2D eigenvalue weighted by molar-refractivity contribution is 0.0108. The molecule has 0 aromatic heterocycles. The minimum Gasteiger partial charge on any atom is -0.491 e. The number of hydrogen-bond acceptors (Lipinski definition) is 5. The Morgan fingerprint density at radius 1 is 1.22 bits per heavy atom. The molecule has 32 heavy (non-hydrogen) atoms. The van der Waals surface area contributed by atoms with Gasteiger partial charge in [0.25, 0.3) is 5.91 Å². The molecule has 0 aliphatic carbocycles. The molecule has 1 heterocycles. The van der Waals surface area contributed by atoms with Crippen LogP contribution in [0.2, 0.25) is 0 Å². The van der Waals surface area contributed by atoms with Crippen molar-refractivity contribution < 1.29 is 19.1 Å². The minimum atomic E-state index is -0.275. The maximum atomic E-state index is 13.2. The van der Waals surface area contributed by atoms with Gasteiger partial charge in [0.15, 0.2) is 0 Å². The molecule has 2 rings (SSSR count). The Kier molecular flexibility index (Phi) is 10.3. The third kappa shape index (κ3) is 7.10. The predicted molar refractivity (Wildman–Crippen MR) is 127 cm³/mol. The largest absolute Gasteiger partial charge is 0.491 e. The van der Waals surface area contributed by atoms with Crippen molar-refractivity contribution in [2.75, 3.05) is 52.3 Å². The van der Waals surface area contributed by atoms with Crippen molar-refractivity contribution in [3.8, 4) is 5.75 Å². The standard InChI is InChI=1S/C24H40N4O4/c1-7-11-25-24(30)26-19-9-10-20-21(13-19)32-16-18(4)28(12-8-2)14-17(3)22(31-6)15-27(5)23(20)29/h9-10,13,17-18,22H,7-8,11-12,14-16H2,1-6H3,(H2,25,26,30)/t17-,18+,22+/m1/s1. The molecule has 1 aromatic rings. The fourth-order valence-electron chi connectivity index (χ4n) is 3.94. The number of nitrogens with zero attached hydrogens (tertiary/aromatic N) is 2. The number of hydrogen-bond donors (Lipinski definition) is 2. The number of ether oxygens (including phenoxy) is 2. The second kappa shape index (κ2) is 12.6. The monoisotopic (exact) mass is 448 g/mol. The van der Waals surface area contributed by atoms with Crippen LogP contribution in [0, 0.1) is 5.92 Å². The van der Waals surface area contributed by atoms with Gasteiger partial charge >= 0.3 is 6.03 Å². The number of rotatable bonds is 6. The first-order chi connectivity index (χ1) is 15.3. The summed E-state index contributed by atoms with van der Waals surface area (Å²) in [6, 6.07) is 5.07. The van der Waals surface area contributed by atoms with E-state index in [0.29, 0.717) is 36.7 Å². The van der Waals surface area contributed by atoms with Crippen molar-refractivity contribution in [2.45, 2.75) is 52.7 Å². The molecule has 0 saturated carbocycles. The van der Waals surface area contributed by atoms with Crippen molar-refractivity contribution in [1.82, 2.24) is 15.1 Å². The second-order valence-corrected chi connectivity index (χ2v) is 8.68. The zero-order valence-electron chi connectivity index (χ0n) is 20.4. The van der Waals surface area contributed by atoms with Crippen molar-refractivity contribution in [3.63, 3.8) is 0 Å². The van der Waals surface area contributed by atoms with Crippen LogP contribution in [0.5, 0.6) is 5.75 Å². The zero-order chi connectivity index (χ0) is 23.7. The molecular weight excluding hydrogens is 408 g/mol. The third-order valence-corrected chi connectivity index (χ3v) is 5.88. The highest BCUT2D eigenvalue weighted by Crippen LogP contribution is 2.26. The number of urea groups is 1. The van der Waals surface area contributed by atoms with E-state index in [1.54, 1.807) is 37.3 Å².